The van der Waals surface area contributed by atoms with Gasteiger partial charge in [0.2, 0.25) is 0 Å². The Morgan fingerprint density at radius 3 is 2.65 bits per heavy atom. The molecule has 5 nitrogen and oxygen atoms in total. The Morgan fingerprint density at radius 1 is 1.59 bits per heavy atom. The Bertz CT molecular complexity index is 403. The van der Waals surface area contributed by atoms with Crippen LogP contribution >= 0.6 is 28.3 Å². The summed E-state index contributed by atoms with van der Waals surface area (Å²) in [6.07, 6.45) is -0.189. The van der Waals surface area contributed by atoms with Crippen molar-refractivity contribution in [1.29, 1.82) is 0 Å². The number of halogens is 2. The van der Waals surface area contributed by atoms with Crippen molar-refractivity contribution in [1.82, 2.24) is 0 Å². The summed E-state index contributed by atoms with van der Waals surface area (Å²) in [5.74, 6) is 0. The summed E-state index contributed by atoms with van der Waals surface area (Å²) in [4.78, 5) is 10.2. The van der Waals surface area contributed by atoms with E-state index >= 15 is 0 Å². The second-order valence-electron chi connectivity index (χ2n) is 3.47. The number of rotatable bonds is 4. The van der Waals surface area contributed by atoms with Crippen molar-refractivity contribution in [3.05, 3.63) is 38.3 Å². The highest BCUT2D eigenvalue weighted by Gasteiger charge is 2.19. The summed E-state index contributed by atoms with van der Waals surface area (Å²) in [5.41, 5.74) is 6.29. The fourth-order valence-corrected chi connectivity index (χ4v) is 1.74. The molecule has 2 atom stereocenters. The van der Waals surface area contributed by atoms with Crippen LogP contribution in [0.5, 0.6) is 0 Å². The summed E-state index contributed by atoms with van der Waals surface area (Å²) >= 11 is 3.09. The molecular weight excluding hydrogens is 311 g/mol. The molecule has 0 radical (unpaired) electrons. The lowest BCUT2D eigenvalue weighted by molar-refractivity contribution is -0.385. The van der Waals surface area contributed by atoms with Crippen molar-refractivity contribution in [2.75, 3.05) is 0 Å². The standard InChI is InChI=1S/C10H13BrN2O3.ClH/c1-2-9(14)10(12)6-3-4-7(11)8(5-6)13(15)16;/h3-5,9-10,14H,2,12H2,1H3;1H/t9-,10+;/m1./s1. The summed E-state index contributed by atoms with van der Waals surface area (Å²) in [6.45, 7) is 1.80. The van der Waals surface area contributed by atoms with Gasteiger partial charge in [0.25, 0.3) is 5.69 Å². The number of nitrogens with two attached hydrogens (primary N) is 1. The monoisotopic (exact) mass is 324 g/mol. The van der Waals surface area contributed by atoms with Gasteiger partial charge in [-0.05, 0) is 34.0 Å². The Hall–Kier alpha value is -0.690. The lowest BCUT2D eigenvalue weighted by Crippen LogP contribution is -2.25. The van der Waals surface area contributed by atoms with Gasteiger partial charge < -0.3 is 10.8 Å². The molecule has 0 saturated heterocycles. The molecule has 3 N–H and O–H groups in total. The molecule has 0 aromatic heterocycles. The zero-order valence-corrected chi connectivity index (χ0v) is 11.6. The third kappa shape index (κ3) is 3.92. The van der Waals surface area contributed by atoms with Crippen molar-refractivity contribution in [2.45, 2.75) is 25.5 Å². The van der Waals surface area contributed by atoms with Crippen LogP contribution in [-0.4, -0.2) is 16.1 Å². The first-order valence-corrected chi connectivity index (χ1v) is 5.64. The largest absolute Gasteiger partial charge is 0.391 e. The molecule has 0 aliphatic rings. The van der Waals surface area contributed by atoms with E-state index in [1.165, 1.54) is 6.07 Å². The van der Waals surface area contributed by atoms with Gasteiger partial charge in [-0.15, -0.1) is 12.4 Å². The van der Waals surface area contributed by atoms with Crippen LogP contribution in [0.3, 0.4) is 0 Å². The molecule has 0 heterocycles. The maximum Gasteiger partial charge on any atom is 0.283 e. The van der Waals surface area contributed by atoms with Crippen molar-refractivity contribution >= 4 is 34.0 Å². The van der Waals surface area contributed by atoms with Crippen molar-refractivity contribution < 1.29 is 10.0 Å². The number of aliphatic hydroxyl groups excluding tert-OH is 1. The van der Waals surface area contributed by atoms with Crippen LogP contribution in [0.2, 0.25) is 0 Å². The highest BCUT2D eigenvalue weighted by atomic mass is 79.9. The lowest BCUT2D eigenvalue weighted by atomic mass is 10.0. The zero-order valence-electron chi connectivity index (χ0n) is 9.17. The number of hydrogen-bond acceptors (Lipinski definition) is 4. The van der Waals surface area contributed by atoms with E-state index in [9.17, 15) is 15.2 Å². The summed E-state index contributed by atoms with van der Waals surface area (Å²) in [7, 11) is 0. The molecule has 96 valence electrons. The van der Waals surface area contributed by atoms with Crippen LogP contribution < -0.4 is 5.73 Å². The van der Waals surface area contributed by atoms with Gasteiger partial charge in [0.15, 0.2) is 0 Å². The summed E-state index contributed by atoms with van der Waals surface area (Å²) in [5, 5.41) is 20.3. The molecule has 17 heavy (non-hydrogen) atoms. The van der Waals surface area contributed by atoms with Crippen LogP contribution in [0.15, 0.2) is 22.7 Å². The molecule has 0 amide bonds. The van der Waals surface area contributed by atoms with Gasteiger partial charge in [-0.2, -0.15) is 0 Å². The van der Waals surface area contributed by atoms with Crippen molar-refractivity contribution in [3.8, 4) is 0 Å². The topological polar surface area (TPSA) is 89.4 Å². The maximum atomic E-state index is 10.7. The molecule has 0 aliphatic heterocycles. The number of benzene rings is 1. The predicted octanol–water partition coefficient (Wildman–Crippen LogP) is 2.55. The average molecular weight is 326 g/mol. The fourth-order valence-electron chi connectivity index (χ4n) is 1.35. The maximum absolute atomic E-state index is 10.7. The first-order valence-electron chi connectivity index (χ1n) is 4.84. The van der Waals surface area contributed by atoms with Gasteiger partial charge in [0, 0.05) is 6.07 Å². The summed E-state index contributed by atoms with van der Waals surface area (Å²) in [6, 6.07) is 4.01. The van der Waals surface area contributed by atoms with E-state index < -0.39 is 17.1 Å². The van der Waals surface area contributed by atoms with Crippen LogP contribution in [0, 0.1) is 10.1 Å². The molecule has 7 heteroatoms. The molecule has 1 rings (SSSR count). The van der Waals surface area contributed by atoms with Gasteiger partial charge in [-0.25, -0.2) is 0 Å². The Balaban J connectivity index is 0.00000256. The fraction of sp³-hybridized carbons (Fsp3) is 0.400. The average Bonchev–Trinajstić information content (AvgIpc) is 2.27. The van der Waals surface area contributed by atoms with E-state index in [-0.39, 0.29) is 18.1 Å². The molecule has 0 spiro atoms. The minimum atomic E-state index is -0.694. The third-order valence-electron chi connectivity index (χ3n) is 2.38. The van der Waals surface area contributed by atoms with Crippen LogP contribution in [0.1, 0.15) is 24.9 Å². The molecule has 0 saturated carbocycles. The van der Waals surface area contributed by atoms with E-state index in [2.05, 4.69) is 15.9 Å². The Kier molecular flexibility index (Phi) is 6.62. The molecule has 0 fully saturated rings. The first-order chi connectivity index (χ1) is 7.47. The van der Waals surface area contributed by atoms with Gasteiger partial charge in [0.1, 0.15) is 0 Å². The second-order valence-corrected chi connectivity index (χ2v) is 4.32. The molecular formula is C10H14BrClN2O3. The van der Waals surface area contributed by atoms with Gasteiger partial charge in [-0.1, -0.05) is 13.0 Å². The zero-order chi connectivity index (χ0) is 12.3. The minimum Gasteiger partial charge on any atom is -0.391 e. The smallest absolute Gasteiger partial charge is 0.283 e. The normalized spacial score (nSPS) is 13.6. The van der Waals surface area contributed by atoms with E-state index in [4.69, 9.17) is 5.73 Å². The lowest BCUT2D eigenvalue weighted by Gasteiger charge is -2.17. The number of aliphatic hydroxyl groups is 1. The number of nitro groups is 1. The Labute approximate surface area is 114 Å². The van der Waals surface area contributed by atoms with Crippen LogP contribution in [0.4, 0.5) is 5.69 Å². The van der Waals surface area contributed by atoms with E-state index in [0.29, 0.717) is 16.5 Å². The van der Waals surface area contributed by atoms with Gasteiger partial charge in [0.05, 0.1) is 21.5 Å². The van der Waals surface area contributed by atoms with Gasteiger partial charge >= 0.3 is 0 Å². The molecule has 0 bridgehead atoms. The van der Waals surface area contributed by atoms with E-state index in [1.54, 1.807) is 19.1 Å². The van der Waals surface area contributed by atoms with E-state index in [0.717, 1.165) is 0 Å². The highest BCUT2D eigenvalue weighted by Crippen LogP contribution is 2.28. The minimum absolute atomic E-state index is 0. The summed E-state index contributed by atoms with van der Waals surface area (Å²) < 4.78 is 0.402. The Morgan fingerprint density at radius 2 is 2.18 bits per heavy atom. The van der Waals surface area contributed by atoms with Gasteiger partial charge in [-0.3, -0.25) is 10.1 Å². The molecule has 0 unspecified atom stereocenters. The number of nitro benzene ring substituents is 1. The molecule has 1 aromatic rings. The van der Waals surface area contributed by atoms with Crippen LogP contribution in [0.25, 0.3) is 0 Å². The van der Waals surface area contributed by atoms with Crippen molar-refractivity contribution in [2.24, 2.45) is 5.73 Å². The second kappa shape index (κ2) is 6.90. The quantitative estimate of drug-likeness (QED) is 0.657. The SMILES string of the molecule is CC[C@@H](O)[C@@H](N)c1ccc(Br)c([N+](=O)[O-])c1.Cl. The molecule has 0 aliphatic carbocycles. The van der Waals surface area contributed by atoms with E-state index in [1.807, 2.05) is 0 Å². The highest BCUT2D eigenvalue weighted by molar-refractivity contribution is 9.10. The first kappa shape index (κ1) is 16.3. The van der Waals surface area contributed by atoms with Crippen molar-refractivity contribution in [3.63, 3.8) is 0 Å². The van der Waals surface area contributed by atoms with Crippen LogP contribution in [-0.2, 0) is 0 Å². The molecule has 1 aromatic carbocycles. The number of nitrogens with zero attached hydrogens (tertiary/aromatic N) is 1. The number of hydrogen-bond donors (Lipinski definition) is 2. The predicted molar refractivity (Wildman–Crippen MR) is 71.3 cm³/mol. The third-order valence-corrected chi connectivity index (χ3v) is 3.06.